The van der Waals surface area contributed by atoms with Crippen LogP contribution in [0.15, 0.2) is 18.3 Å². The highest BCUT2D eigenvalue weighted by molar-refractivity contribution is 5.86. The van der Waals surface area contributed by atoms with Crippen molar-refractivity contribution in [2.24, 2.45) is 0 Å². The number of aromatic nitrogens is 4. The van der Waals surface area contributed by atoms with E-state index in [1.165, 1.54) is 15.5 Å². The summed E-state index contributed by atoms with van der Waals surface area (Å²) in [7, 11) is 1.62. The van der Waals surface area contributed by atoms with E-state index < -0.39 is 5.97 Å². The summed E-state index contributed by atoms with van der Waals surface area (Å²) in [6.45, 7) is 2.01. The zero-order valence-electron chi connectivity index (χ0n) is 11.2. The van der Waals surface area contributed by atoms with Gasteiger partial charge in [0.15, 0.2) is 5.82 Å². The van der Waals surface area contributed by atoms with Crippen LogP contribution in [-0.2, 0) is 17.9 Å². The van der Waals surface area contributed by atoms with Gasteiger partial charge in [-0.3, -0.25) is 9.89 Å². The fourth-order valence-electron chi connectivity index (χ4n) is 1.77. The number of nitrogens with one attached hydrogen (secondary N) is 1. The van der Waals surface area contributed by atoms with Crippen molar-refractivity contribution in [1.82, 2.24) is 24.6 Å². The summed E-state index contributed by atoms with van der Waals surface area (Å²) in [6, 6.07) is 3.05. The number of H-pyrrole nitrogens is 1. The molecule has 0 atom stereocenters. The van der Waals surface area contributed by atoms with Gasteiger partial charge in [-0.2, -0.15) is 5.10 Å². The molecule has 0 unspecified atom stereocenters. The zero-order chi connectivity index (χ0) is 14.7. The third kappa shape index (κ3) is 3.02. The molecular formula is C12H15N5O3. The lowest BCUT2D eigenvalue weighted by molar-refractivity contribution is -0.131. The number of amides is 1. The molecule has 0 spiro atoms. The number of hydrogen-bond acceptors (Lipinski definition) is 4. The number of aromatic carboxylic acids is 1. The molecule has 0 saturated heterocycles. The predicted octanol–water partition coefficient (Wildman–Crippen LogP) is 0.271. The van der Waals surface area contributed by atoms with Crippen LogP contribution in [0.1, 0.15) is 22.1 Å². The first-order chi connectivity index (χ1) is 9.47. The Morgan fingerprint density at radius 3 is 2.85 bits per heavy atom. The lowest BCUT2D eigenvalue weighted by Crippen LogP contribution is -2.30. The van der Waals surface area contributed by atoms with Gasteiger partial charge in [-0.25, -0.2) is 9.78 Å². The van der Waals surface area contributed by atoms with Crippen LogP contribution in [0.3, 0.4) is 0 Å². The van der Waals surface area contributed by atoms with Crippen molar-refractivity contribution < 1.29 is 14.7 Å². The smallest absolute Gasteiger partial charge is 0.352 e. The van der Waals surface area contributed by atoms with Gasteiger partial charge in [0.05, 0.1) is 6.54 Å². The van der Waals surface area contributed by atoms with Gasteiger partial charge in [0.1, 0.15) is 18.1 Å². The van der Waals surface area contributed by atoms with Crippen molar-refractivity contribution in [3.63, 3.8) is 0 Å². The van der Waals surface area contributed by atoms with E-state index in [0.29, 0.717) is 11.6 Å². The van der Waals surface area contributed by atoms with E-state index >= 15 is 0 Å². The van der Waals surface area contributed by atoms with Crippen molar-refractivity contribution in [2.75, 3.05) is 7.05 Å². The molecule has 0 fully saturated rings. The zero-order valence-corrected chi connectivity index (χ0v) is 11.2. The van der Waals surface area contributed by atoms with E-state index in [4.69, 9.17) is 5.11 Å². The largest absolute Gasteiger partial charge is 0.477 e. The Bertz CT molecular complexity index is 631. The van der Waals surface area contributed by atoms with E-state index in [2.05, 4.69) is 15.2 Å². The molecule has 0 radical (unpaired) electrons. The topological polar surface area (TPSA) is 104 Å². The average Bonchev–Trinajstić information content (AvgIpc) is 2.98. The number of rotatable bonds is 5. The molecule has 2 aromatic heterocycles. The summed E-state index contributed by atoms with van der Waals surface area (Å²) in [5.74, 6) is -0.0788. The molecule has 2 heterocycles. The van der Waals surface area contributed by atoms with Gasteiger partial charge in [-0.15, -0.1) is 0 Å². The molecule has 2 N–H and O–H groups in total. The van der Waals surface area contributed by atoms with Gasteiger partial charge in [0.25, 0.3) is 0 Å². The summed E-state index contributed by atoms with van der Waals surface area (Å²) in [5.41, 5.74) is 0.0838. The second-order valence-corrected chi connectivity index (χ2v) is 4.41. The molecule has 20 heavy (non-hydrogen) atoms. The normalized spacial score (nSPS) is 10.5. The third-order valence-corrected chi connectivity index (χ3v) is 2.80. The lowest BCUT2D eigenvalue weighted by Gasteiger charge is -2.16. The number of aryl methyl sites for hydroxylation is 1. The fraction of sp³-hybridized carbons (Fsp3) is 0.333. The summed E-state index contributed by atoms with van der Waals surface area (Å²) in [5, 5.41) is 15.6. The molecule has 106 valence electrons. The molecule has 0 bridgehead atoms. The van der Waals surface area contributed by atoms with Crippen LogP contribution in [0.5, 0.6) is 0 Å². The minimum absolute atomic E-state index is 0.0332. The van der Waals surface area contributed by atoms with E-state index in [1.54, 1.807) is 26.2 Å². The number of likely N-dealkylation sites (N-methyl/N-ethyl adjacent to an activating group) is 1. The van der Waals surface area contributed by atoms with Crippen LogP contribution in [0, 0.1) is 6.92 Å². The molecule has 0 aliphatic rings. The van der Waals surface area contributed by atoms with E-state index in [-0.39, 0.29) is 24.7 Å². The summed E-state index contributed by atoms with van der Waals surface area (Å²) in [6.07, 6.45) is 1.56. The lowest BCUT2D eigenvalue weighted by atomic mass is 10.4. The van der Waals surface area contributed by atoms with Crippen molar-refractivity contribution >= 4 is 11.9 Å². The van der Waals surface area contributed by atoms with Crippen molar-refractivity contribution in [1.29, 1.82) is 0 Å². The molecule has 1 amide bonds. The maximum absolute atomic E-state index is 12.0. The van der Waals surface area contributed by atoms with Crippen molar-refractivity contribution in [2.45, 2.75) is 20.0 Å². The van der Waals surface area contributed by atoms with Crippen LogP contribution in [0.2, 0.25) is 0 Å². The van der Waals surface area contributed by atoms with Gasteiger partial charge in [-0.05, 0) is 19.1 Å². The summed E-state index contributed by atoms with van der Waals surface area (Å²) >= 11 is 0. The first-order valence-electron chi connectivity index (χ1n) is 5.97. The first-order valence-corrected chi connectivity index (χ1v) is 5.97. The highest BCUT2D eigenvalue weighted by Crippen LogP contribution is 2.04. The molecule has 0 aromatic carbocycles. The minimum Gasteiger partial charge on any atom is -0.477 e. The second-order valence-electron chi connectivity index (χ2n) is 4.41. The maximum atomic E-state index is 12.0. The number of carboxylic acids is 1. The molecule has 0 aliphatic heterocycles. The van der Waals surface area contributed by atoms with Gasteiger partial charge in [0, 0.05) is 13.2 Å². The fourth-order valence-corrected chi connectivity index (χ4v) is 1.77. The summed E-state index contributed by atoms with van der Waals surface area (Å²) < 4.78 is 1.39. The number of aromatic amines is 1. The molecule has 8 nitrogen and oxygen atoms in total. The molecule has 0 aliphatic carbocycles. The molecule has 8 heteroatoms. The van der Waals surface area contributed by atoms with E-state index in [9.17, 15) is 9.59 Å². The molecule has 2 aromatic rings. The SMILES string of the molecule is Cc1nc(CN(C)C(=O)Cn2cccc2C(=O)O)n[nH]1. The number of hydrogen-bond donors (Lipinski definition) is 2. The monoisotopic (exact) mass is 277 g/mol. The Hall–Kier alpha value is -2.64. The predicted molar refractivity (Wildman–Crippen MR) is 69.0 cm³/mol. The van der Waals surface area contributed by atoms with Gasteiger partial charge >= 0.3 is 5.97 Å². The quantitative estimate of drug-likeness (QED) is 0.816. The highest BCUT2D eigenvalue weighted by atomic mass is 16.4. The van der Waals surface area contributed by atoms with Gasteiger partial charge in [0.2, 0.25) is 5.91 Å². The third-order valence-electron chi connectivity index (χ3n) is 2.80. The van der Waals surface area contributed by atoms with E-state index in [1.807, 2.05) is 0 Å². The Morgan fingerprint density at radius 2 is 2.25 bits per heavy atom. The second kappa shape index (κ2) is 5.55. The standard InChI is InChI=1S/C12H15N5O3/c1-8-13-10(15-14-8)6-16(2)11(18)7-17-5-3-4-9(17)12(19)20/h3-5H,6-7H2,1-2H3,(H,19,20)(H,13,14,15). The van der Waals surface area contributed by atoms with E-state index in [0.717, 1.165) is 0 Å². The van der Waals surface area contributed by atoms with Gasteiger partial charge < -0.3 is 14.6 Å². The molecular weight excluding hydrogens is 262 g/mol. The Balaban J connectivity index is 2.00. The van der Waals surface area contributed by atoms with Crippen molar-refractivity contribution in [3.8, 4) is 0 Å². The minimum atomic E-state index is -1.06. The Kier molecular flexibility index (Phi) is 3.83. The number of carbonyl (C=O) groups is 2. The molecule has 2 rings (SSSR count). The number of carboxylic acid groups (broad SMARTS) is 1. The summed E-state index contributed by atoms with van der Waals surface area (Å²) in [4.78, 5) is 28.6. The van der Waals surface area contributed by atoms with Crippen LogP contribution < -0.4 is 0 Å². The first kappa shape index (κ1) is 13.8. The number of nitrogens with zero attached hydrogens (tertiary/aromatic N) is 4. The number of carbonyl (C=O) groups excluding carboxylic acids is 1. The Labute approximate surface area is 115 Å². The van der Waals surface area contributed by atoms with Crippen molar-refractivity contribution in [3.05, 3.63) is 35.7 Å². The maximum Gasteiger partial charge on any atom is 0.352 e. The molecule has 0 saturated carbocycles. The van der Waals surface area contributed by atoms with Crippen LogP contribution in [-0.4, -0.2) is 48.7 Å². The Morgan fingerprint density at radius 1 is 1.50 bits per heavy atom. The van der Waals surface area contributed by atoms with Crippen LogP contribution in [0.25, 0.3) is 0 Å². The van der Waals surface area contributed by atoms with Crippen LogP contribution in [0.4, 0.5) is 0 Å². The average molecular weight is 277 g/mol. The van der Waals surface area contributed by atoms with Gasteiger partial charge in [-0.1, -0.05) is 0 Å². The highest BCUT2D eigenvalue weighted by Gasteiger charge is 2.15. The van der Waals surface area contributed by atoms with Crippen LogP contribution >= 0.6 is 0 Å².